The molecule has 0 spiro atoms. The normalized spacial score (nSPS) is 10.7. The van der Waals surface area contributed by atoms with Crippen LogP contribution in [0.5, 0.6) is 11.5 Å². The lowest BCUT2D eigenvalue weighted by molar-refractivity contribution is 0.0770. The highest BCUT2D eigenvalue weighted by Crippen LogP contribution is 2.37. The fraction of sp³-hybridized carbons (Fsp3) is 0.455. The van der Waals surface area contributed by atoms with E-state index in [9.17, 15) is 0 Å². The third-order valence-corrected chi connectivity index (χ3v) is 4.93. The molecule has 0 saturated heterocycles. The number of ether oxygens (including phenoxy) is 3. The van der Waals surface area contributed by atoms with Gasteiger partial charge in [-0.3, -0.25) is 0 Å². The van der Waals surface area contributed by atoms with E-state index in [0.29, 0.717) is 24.0 Å². The summed E-state index contributed by atoms with van der Waals surface area (Å²) < 4.78 is 18.3. The molecule has 29 heavy (non-hydrogen) atoms. The van der Waals surface area contributed by atoms with Crippen molar-refractivity contribution in [1.29, 1.82) is 0 Å². The summed E-state index contributed by atoms with van der Waals surface area (Å²) in [4.78, 5) is 0. The monoisotopic (exact) mass is 505 g/mol. The predicted octanol–water partition coefficient (Wildman–Crippen LogP) is 6.41. The molecule has 0 amide bonds. The topological polar surface area (TPSA) is 39.7 Å². The van der Waals surface area contributed by atoms with Gasteiger partial charge >= 0.3 is 0 Å². The van der Waals surface area contributed by atoms with E-state index in [2.05, 4.69) is 41.2 Å². The minimum atomic E-state index is 0. The van der Waals surface area contributed by atoms with Gasteiger partial charge in [-0.25, -0.2) is 0 Å². The summed E-state index contributed by atoms with van der Waals surface area (Å²) in [6.07, 6.45) is 1.26. The minimum Gasteiger partial charge on any atom is -0.490 e. The zero-order valence-electron chi connectivity index (χ0n) is 17.2. The Bertz CT molecular complexity index is 744. The van der Waals surface area contributed by atoms with E-state index in [1.54, 1.807) is 0 Å². The highest BCUT2D eigenvalue weighted by atomic mass is 79.9. The van der Waals surface area contributed by atoms with E-state index in [0.717, 1.165) is 47.5 Å². The predicted molar refractivity (Wildman–Crippen MR) is 126 cm³/mol. The molecule has 7 heteroatoms. The van der Waals surface area contributed by atoms with Crippen LogP contribution in [0.3, 0.4) is 0 Å². The van der Waals surface area contributed by atoms with E-state index in [1.165, 1.54) is 0 Å². The van der Waals surface area contributed by atoms with E-state index >= 15 is 0 Å². The van der Waals surface area contributed by atoms with Gasteiger partial charge in [0.05, 0.1) is 17.2 Å². The number of benzene rings is 2. The first-order valence-electron chi connectivity index (χ1n) is 9.65. The van der Waals surface area contributed by atoms with Gasteiger partial charge in [0, 0.05) is 23.7 Å². The summed E-state index contributed by atoms with van der Waals surface area (Å²) in [5.74, 6) is 1.42. The fourth-order valence-corrected chi connectivity index (χ4v) is 3.43. The lowest BCUT2D eigenvalue weighted by atomic mass is 10.2. The third-order valence-electron chi connectivity index (χ3n) is 3.98. The molecule has 4 nitrogen and oxygen atoms in total. The summed E-state index contributed by atoms with van der Waals surface area (Å²) in [5, 5.41) is 4.14. The van der Waals surface area contributed by atoms with E-state index < -0.39 is 0 Å². The summed E-state index contributed by atoms with van der Waals surface area (Å²) in [7, 11) is 0. The molecule has 0 atom stereocenters. The average Bonchev–Trinajstić information content (AvgIpc) is 2.65. The Labute approximate surface area is 193 Å². The van der Waals surface area contributed by atoms with Gasteiger partial charge in [0.1, 0.15) is 6.61 Å². The number of hydrogen-bond donors (Lipinski definition) is 1. The van der Waals surface area contributed by atoms with Crippen LogP contribution in [0.1, 0.15) is 38.3 Å². The van der Waals surface area contributed by atoms with Crippen LogP contribution in [-0.2, 0) is 17.9 Å². The van der Waals surface area contributed by atoms with Crippen LogP contribution in [0.4, 0.5) is 0 Å². The van der Waals surface area contributed by atoms with Gasteiger partial charge in [-0.15, -0.1) is 12.4 Å². The van der Waals surface area contributed by atoms with Gasteiger partial charge in [-0.2, -0.15) is 0 Å². The highest BCUT2D eigenvalue weighted by Gasteiger charge is 2.13. The number of hydrogen-bond acceptors (Lipinski definition) is 4. The standard InChI is InChI=1S/C22H29BrClNO3.ClH/c1-4-26-21-13-17(14-25-10-7-11-27-16(2)3)12-19(23)22(21)28-15-18-8-5-6-9-20(18)24;/h5-6,8-9,12-13,16,25H,4,7,10-11,14-15H2,1-3H3;1H. The Morgan fingerprint density at radius 2 is 1.90 bits per heavy atom. The van der Waals surface area contributed by atoms with Gasteiger partial charge in [-0.05, 0) is 73.4 Å². The Hall–Kier alpha value is -0.980. The highest BCUT2D eigenvalue weighted by molar-refractivity contribution is 9.10. The second kappa shape index (κ2) is 14.1. The van der Waals surface area contributed by atoms with Gasteiger partial charge in [-0.1, -0.05) is 29.8 Å². The van der Waals surface area contributed by atoms with E-state index in [4.69, 9.17) is 25.8 Å². The summed E-state index contributed by atoms with van der Waals surface area (Å²) in [6, 6.07) is 11.8. The SMILES string of the molecule is CCOc1cc(CNCCCOC(C)C)cc(Br)c1OCc1ccccc1Cl.Cl. The molecular weight excluding hydrogens is 477 g/mol. The lowest BCUT2D eigenvalue weighted by Crippen LogP contribution is -2.17. The molecule has 0 aliphatic carbocycles. The van der Waals surface area contributed by atoms with Crippen LogP contribution in [0.25, 0.3) is 0 Å². The van der Waals surface area contributed by atoms with Gasteiger partial charge in [0.2, 0.25) is 0 Å². The Morgan fingerprint density at radius 3 is 2.59 bits per heavy atom. The molecule has 0 aromatic heterocycles. The summed E-state index contributed by atoms with van der Waals surface area (Å²) in [5.41, 5.74) is 2.07. The summed E-state index contributed by atoms with van der Waals surface area (Å²) in [6.45, 7) is 9.44. The maximum Gasteiger partial charge on any atom is 0.175 e. The van der Waals surface area contributed by atoms with Crippen molar-refractivity contribution in [1.82, 2.24) is 5.32 Å². The number of halogens is 3. The Morgan fingerprint density at radius 1 is 1.14 bits per heavy atom. The minimum absolute atomic E-state index is 0. The Kier molecular flexibility index (Phi) is 12.7. The van der Waals surface area contributed by atoms with Crippen molar-refractivity contribution in [3.8, 4) is 11.5 Å². The molecular formula is C22H30BrCl2NO3. The van der Waals surface area contributed by atoms with Crippen molar-refractivity contribution in [3.05, 3.63) is 57.0 Å². The first kappa shape index (κ1) is 26.1. The van der Waals surface area contributed by atoms with Crippen LogP contribution in [-0.4, -0.2) is 25.9 Å². The molecule has 0 aliphatic heterocycles. The van der Waals surface area contributed by atoms with Gasteiger partial charge in [0.15, 0.2) is 11.5 Å². The van der Waals surface area contributed by atoms with Crippen LogP contribution < -0.4 is 14.8 Å². The van der Waals surface area contributed by atoms with Gasteiger partial charge in [0.25, 0.3) is 0 Å². The molecule has 2 aromatic rings. The fourth-order valence-electron chi connectivity index (χ4n) is 2.64. The van der Waals surface area contributed by atoms with Crippen molar-refractivity contribution in [2.75, 3.05) is 19.8 Å². The number of rotatable bonds is 12. The quantitative estimate of drug-likeness (QED) is 0.338. The molecule has 0 bridgehead atoms. The van der Waals surface area contributed by atoms with Crippen molar-refractivity contribution in [2.45, 2.75) is 46.4 Å². The summed E-state index contributed by atoms with van der Waals surface area (Å²) >= 11 is 9.85. The molecule has 0 aliphatic rings. The van der Waals surface area contributed by atoms with Crippen molar-refractivity contribution < 1.29 is 14.2 Å². The second-order valence-electron chi connectivity index (χ2n) is 6.67. The molecule has 1 N–H and O–H groups in total. The molecule has 0 heterocycles. The molecule has 162 valence electrons. The van der Waals surface area contributed by atoms with Crippen LogP contribution in [0.2, 0.25) is 5.02 Å². The lowest BCUT2D eigenvalue weighted by Gasteiger charge is -2.16. The first-order valence-corrected chi connectivity index (χ1v) is 10.8. The van der Waals surface area contributed by atoms with Crippen molar-refractivity contribution in [2.24, 2.45) is 0 Å². The average molecular weight is 507 g/mol. The molecule has 0 fully saturated rings. The van der Waals surface area contributed by atoms with E-state index in [-0.39, 0.29) is 18.5 Å². The maximum atomic E-state index is 6.23. The van der Waals surface area contributed by atoms with Crippen LogP contribution in [0.15, 0.2) is 40.9 Å². The maximum absolute atomic E-state index is 6.23. The van der Waals surface area contributed by atoms with Crippen molar-refractivity contribution >= 4 is 39.9 Å². The zero-order chi connectivity index (χ0) is 20.4. The molecule has 0 saturated carbocycles. The number of nitrogens with one attached hydrogen (secondary N) is 1. The van der Waals surface area contributed by atoms with Crippen LogP contribution >= 0.6 is 39.9 Å². The largest absolute Gasteiger partial charge is 0.490 e. The van der Waals surface area contributed by atoms with E-state index in [1.807, 2.05) is 37.3 Å². The van der Waals surface area contributed by atoms with Gasteiger partial charge < -0.3 is 19.5 Å². The molecule has 0 radical (unpaired) electrons. The third kappa shape index (κ3) is 9.14. The first-order chi connectivity index (χ1) is 13.5. The van der Waals surface area contributed by atoms with Crippen molar-refractivity contribution in [3.63, 3.8) is 0 Å². The zero-order valence-corrected chi connectivity index (χ0v) is 20.3. The molecule has 2 aromatic carbocycles. The molecule has 0 unspecified atom stereocenters. The molecule has 2 rings (SSSR count). The van der Waals surface area contributed by atoms with Crippen LogP contribution in [0, 0.1) is 0 Å². The smallest absolute Gasteiger partial charge is 0.175 e. The Balaban J connectivity index is 0.00000420. The second-order valence-corrected chi connectivity index (χ2v) is 7.93.